The van der Waals surface area contributed by atoms with Gasteiger partial charge in [-0.2, -0.15) is 5.10 Å². The summed E-state index contributed by atoms with van der Waals surface area (Å²) in [6.45, 7) is 0.502. The highest BCUT2D eigenvalue weighted by molar-refractivity contribution is 7.13. The smallest absolute Gasteiger partial charge is 0.256 e. The lowest BCUT2D eigenvalue weighted by Gasteiger charge is -2.02. The number of halogens is 1. The lowest BCUT2D eigenvalue weighted by molar-refractivity contribution is 0.0954. The number of nitrogens with one attached hydrogen (secondary N) is 1. The van der Waals surface area contributed by atoms with E-state index in [9.17, 15) is 4.79 Å². The monoisotopic (exact) mass is 346 g/mol. The molecule has 0 spiro atoms. The predicted molar refractivity (Wildman–Crippen MR) is 91.8 cm³/mol. The van der Waals surface area contributed by atoms with Gasteiger partial charge in [0.05, 0.1) is 17.5 Å². The van der Waals surface area contributed by atoms with Crippen molar-refractivity contribution in [2.45, 2.75) is 6.42 Å². The van der Waals surface area contributed by atoms with E-state index in [-0.39, 0.29) is 5.91 Å². The van der Waals surface area contributed by atoms with E-state index in [0.29, 0.717) is 23.7 Å². The SMILES string of the molecule is Cn1ncc(C(=O)NCCc2csc(-c3ccccc3)n2)c1Cl. The summed E-state index contributed by atoms with van der Waals surface area (Å²) in [5, 5.41) is 10.1. The highest BCUT2D eigenvalue weighted by Gasteiger charge is 2.14. The van der Waals surface area contributed by atoms with Crippen molar-refractivity contribution < 1.29 is 4.79 Å². The fraction of sp³-hybridized carbons (Fsp3) is 0.188. The van der Waals surface area contributed by atoms with E-state index >= 15 is 0 Å². The number of benzene rings is 1. The molecule has 0 unspecified atom stereocenters. The van der Waals surface area contributed by atoms with Crippen LogP contribution in [0.15, 0.2) is 41.9 Å². The maximum Gasteiger partial charge on any atom is 0.256 e. The Hall–Kier alpha value is -2.18. The summed E-state index contributed by atoms with van der Waals surface area (Å²) in [7, 11) is 1.69. The highest BCUT2D eigenvalue weighted by Crippen LogP contribution is 2.23. The number of carbonyl (C=O) groups excluding carboxylic acids is 1. The fourth-order valence-corrected chi connectivity index (χ4v) is 3.15. The van der Waals surface area contributed by atoms with Gasteiger partial charge in [0.2, 0.25) is 0 Å². The van der Waals surface area contributed by atoms with Crippen LogP contribution in [0, 0.1) is 0 Å². The molecule has 2 heterocycles. The van der Waals surface area contributed by atoms with Crippen LogP contribution in [0.4, 0.5) is 0 Å². The lowest BCUT2D eigenvalue weighted by atomic mass is 10.2. The maximum atomic E-state index is 12.0. The van der Waals surface area contributed by atoms with Crippen LogP contribution in [0.1, 0.15) is 16.1 Å². The van der Waals surface area contributed by atoms with Crippen molar-refractivity contribution in [2.75, 3.05) is 6.54 Å². The van der Waals surface area contributed by atoms with Gasteiger partial charge in [-0.15, -0.1) is 11.3 Å². The second kappa shape index (κ2) is 6.93. The standard InChI is InChI=1S/C16H15ClN4OS/c1-21-14(17)13(9-19-21)15(22)18-8-7-12-10-23-16(20-12)11-5-3-2-4-6-11/h2-6,9-10H,7-8H2,1H3,(H,18,22). The number of thiazole rings is 1. The predicted octanol–water partition coefficient (Wildman–Crippen LogP) is 3.17. The van der Waals surface area contributed by atoms with Crippen LogP contribution in [0.25, 0.3) is 10.6 Å². The molecule has 0 aliphatic carbocycles. The first kappa shape index (κ1) is 15.7. The molecule has 0 saturated heterocycles. The Morgan fingerprint density at radius 1 is 1.35 bits per heavy atom. The van der Waals surface area contributed by atoms with Gasteiger partial charge < -0.3 is 5.32 Å². The number of carbonyl (C=O) groups is 1. The third-order valence-corrected chi connectivity index (χ3v) is 4.74. The van der Waals surface area contributed by atoms with E-state index in [0.717, 1.165) is 16.3 Å². The molecule has 23 heavy (non-hydrogen) atoms. The van der Waals surface area contributed by atoms with Crippen LogP contribution >= 0.6 is 22.9 Å². The van der Waals surface area contributed by atoms with E-state index in [1.807, 2.05) is 35.7 Å². The molecule has 0 fully saturated rings. The number of hydrogen-bond donors (Lipinski definition) is 1. The number of nitrogens with zero attached hydrogens (tertiary/aromatic N) is 3. The summed E-state index contributed by atoms with van der Waals surface area (Å²) in [6.07, 6.45) is 2.14. The van der Waals surface area contributed by atoms with Gasteiger partial charge >= 0.3 is 0 Å². The average Bonchev–Trinajstić information content (AvgIpc) is 3.16. The van der Waals surface area contributed by atoms with Gasteiger partial charge in [-0.05, 0) is 0 Å². The molecule has 1 amide bonds. The van der Waals surface area contributed by atoms with E-state index in [4.69, 9.17) is 11.6 Å². The molecule has 0 aliphatic heterocycles. The van der Waals surface area contributed by atoms with Crippen LogP contribution in [-0.2, 0) is 13.5 Å². The van der Waals surface area contributed by atoms with Crippen molar-refractivity contribution in [3.8, 4) is 10.6 Å². The minimum absolute atomic E-state index is 0.221. The van der Waals surface area contributed by atoms with Crippen molar-refractivity contribution in [2.24, 2.45) is 7.05 Å². The fourth-order valence-electron chi connectivity index (χ4n) is 2.11. The summed E-state index contributed by atoms with van der Waals surface area (Å²) in [5.41, 5.74) is 2.46. The van der Waals surface area contributed by atoms with Gasteiger partial charge in [0.15, 0.2) is 0 Å². The van der Waals surface area contributed by atoms with Gasteiger partial charge in [0.25, 0.3) is 5.91 Å². The molecule has 5 nitrogen and oxygen atoms in total. The first-order valence-electron chi connectivity index (χ1n) is 7.10. The second-order valence-corrected chi connectivity index (χ2v) is 6.20. The molecule has 0 saturated carbocycles. The molecule has 1 N–H and O–H groups in total. The van der Waals surface area contributed by atoms with Crippen LogP contribution < -0.4 is 5.32 Å². The van der Waals surface area contributed by atoms with Crippen molar-refractivity contribution >= 4 is 28.8 Å². The summed E-state index contributed by atoms with van der Waals surface area (Å²) in [5.74, 6) is -0.221. The number of rotatable bonds is 5. The Morgan fingerprint density at radius 3 is 2.83 bits per heavy atom. The molecule has 7 heteroatoms. The Bertz CT molecular complexity index is 813. The Balaban J connectivity index is 1.56. The van der Waals surface area contributed by atoms with E-state index in [2.05, 4.69) is 15.4 Å². The van der Waals surface area contributed by atoms with Crippen molar-refractivity contribution in [3.05, 3.63) is 58.3 Å². The molecule has 1 aromatic carbocycles. The molecule has 0 aliphatic rings. The quantitative estimate of drug-likeness (QED) is 0.772. The molecule has 3 aromatic rings. The molecular weight excluding hydrogens is 332 g/mol. The summed E-state index contributed by atoms with van der Waals surface area (Å²) in [4.78, 5) is 16.6. The van der Waals surface area contributed by atoms with Crippen LogP contribution in [0.5, 0.6) is 0 Å². The Morgan fingerprint density at radius 2 is 2.13 bits per heavy atom. The summed E-state index contributed by atoms with van der Waals surface area (Å²) >= 11 is 7.61. The van der Waals surface area contributed by atoms with Gasteiger partial charge in [0.1, 0.15) is 10.2 Å². The van der Waals surface area contributed by atoms with Gasteiger partial charge in [-0.1, -0.05) is 41.9 Å². The Kier molecular flexibility index (Phi) is 4.73. The van der Waals surface area contributed by atoms with Gasteiger partial charge in [-0.25, -0.2) is 4.98 Å². The molecule has 0 bridgehead atoms. The second-order valence-electron chi connectivity index (χ2n) is 4.99. The van der Waals surface area contributed by atoms with Crippen LogP contribution in [-0.4, -0.2) is 27.2 Å². The highest BCUT2D eigenvalue weighted by atomic mass is 35.5. The minimum Gasteiger partial charge on any atom is -0.351 e. The molecule has 3 rings (SSSR count). The number of amides is 1. The molecular formula is C16H15ClN4OS. The topological polar surface area (TPSA) is 59.8 Å². The van der Waals surface area contributed by atoms with Gasteiger partial charge in [0, 0.05) is 31.0 Å². The first-order chi connectivity index (χ1) is 11.1. The number of hydrogen-bond acceptors (Lipinski definition) is 4. The molecule has 118 valence electrons. The third kappa shape index (κ3) is 3.60. The van der Waals surface area contributed by atoms with Crippen LogP contribution in [0.2, 0.25) is 5.15 Å². The molecule has 2 aromatic heterocycles. The summed E-state index contributed by atoms with van der Waals surface area (Å²) < 4.78 is 1.46. The zero-order valence-electron chi connectivity index (χ0n) is 12.5. The first-order valence-corrected chi connectivity index (χ1v) is 8.36. The lowest BCUT2D eigenvalue weighted by Crippen LogP contribution is -2.25. The van der Waals surface area contributed by atoms with Crippen molar-refractivity contribution in [3.63, 3.8) is 0 Å². The molecule has 0 radical (unpaired) electrons. The third-order valence-electron chi connectivity index (χ3n) is 3.35. The number of aryl methyl sites for hydroxylation is 1. The zero-order chi connectivity index (χ0) is 16.2. The Labute approximate surface area is 142 Å². The number of aromatic nitrogens is 3. The maximum absolute atomic E-state index is 12.0. The average molecular weight is 347 g/mol. The molecule has 0 atom stereocenters. The van der Waals surface area contributed by atoms with E-state index in [1.54, 1.807) is 18.4 Å². The normalized spacial score (nSPS) is 10.7. The minimum atomic E-state index is -0.221. The van der Waals surface area contributed by atoms with E-state index in [1.165, 1.54) is 10.9 Å². The van der Waals surface area contributed by atoms with Crippen molar-refractivity contribution in [1.29, 1.82) is 0 Å². The van der Waals surface area contributed by atoms with E-state index < -0.39 is 0 Å². The van der Waals surface area contributed by atoms with Crippen LogP contribution in [0.3, 0.4) is 0 Å². The van der Waals surface area contributed by atoms with Gasteiger partial charge in [-0.3, -0.25) is 9.48 Å². The zero-order valence-corrected chi connectivity index (χ0v) is 14.1. The van der Waals surface area contributed by atoms with Crippen molar-refractivity contribution in [1.82, 2.24) is 20.1 Å². The largest absolute Gasteiger partial charge is 0.351 e. The summed E-state index contributed by atoms with van der Waals surface area (Å²) in [6, 6.07) is 10.0.